The predicted octanol–water partition coefficient (Wildman–Crippen LogP) is 5.52. The van der Waals surface area contributed by atoms with E-state index < -0.39 is 0 Å². The van der Waals surface area contributed by atoms with E-state index in [9.17, 15) is 10.1 Å². The van der Waals surface area contributed by atoms with Crippen LogP contribution in [0, 0.1) is 17.2 Å². The summed E-state index contributed by atoms with van der Waals surface area (Å²) in [6.07, 6.45) is 6.39. The molecule has 134 valence electrons. The highest BCUT2D eigenvalue weighted by Gasteiger charge is 2.24. The Morgan fingerprint density at radius 2 is 2.08 bits per heavy atom. The monoisotopic (exact) mass is 364 g/mol. The fraction of sp³-hybridized carbons (Fsp3) is 0.364. The van der Waals surface area contributed by atoms with Gasteiger partial charge in [-0.2, -0.15) is 5.26 Å². The summed E-state index contributed by atoms with van der Waals surface area (Å²) in [5.41, 5.74) is 4.06. The zero-order valence-corrected chi connectivity index (χ0v) is 16.3. The SMILES string of the molecule is CC1CCc2c(sc(NC(=O)C=Cc3ccc(C(C)C)cc3)c2C#N)C1. The Hall–Kier alpha value is -2.38. The predicted molar refractivity (Wildman–Crippen MR) is 108 cm³/mol. The van der Waals surface area contributed by atoms with Gasteiger partial charge in [-0.25, -0.2) is 0 Å². The minimum absolute atomic E-state index is 0.193. The highest BCUT2D eigenvalue weighted by atomic mass is 32.1. The normalized spacial score (nSPS) is 16.5. The molecule has 1 aromatic heterocycles. The summed E-state index contributed by atoms with van der Waals surface area (Å²) >= 11 is 1.56. The third kappa shape index (κ3) is 4.05. The summed E-state index contributed by atoms with van der Waals surface area (Å²) < 4.78 is 0. The van der Waals surface area contributed by atoms with Gasteiger partial charge in [0.25, 0.3) is 0 Å². The van der Waals surface area contributed by atoms with E-state index in [0.29, 0.717) is 22.4 Å². The van der Waals surface area contributed by atoms with Crippen molar-refractivity contribution in [1.29, 1.82) is 5.26 Å². The van der Waals surface area contributed by atoms with E-state index in [4.69, 9.17) is 0 Å². The lowest BCUT2D eigenvalue weighted by Gasteiger charge is -2.17. The summed E-state index contributed by atoms with van der Waals surface area (Å²) in [4.78, 5) is 13.6. The Morgan fingerprint density at radius 3 is 2.73 bits per heavy atom. The zero-order valence-electron chi connectivity index (χ0n) is 15.5. The Balaban J connectivity index is 1.71. The molecule has 1 amide bonds. The van der Waals surface area contributed by atoms with Crippen LogP contribution in [-0.2, 0) is 17.6 Å². The molecule has 1 aromatic carbocycles. The molecular formula is C22H24N2OS. The number of anilines is 1. The van der Waals surface area contributed by atoms with Crippen molar-refractivity contribution in [2.75, 3.05) is 5.32 Å². The lowest BCUT2D eigenvalue weighted by Crippen LogP contribution is -2.10. The second-order valence-electron chi connectivity index (χ2n) is 7.31. The summed E-state index contributed by atoms with van der Waals surface area (Å²) in [6, 6.07) is 10.5. The second kappa shape index (κ2) is 7.88. The molecule has 0 bridgehead atoms. The quantitative estimate of drug-likeness (QED) is 0.726. The standard InChI is InChI=1S/C22H24N2OS/c1-14(2)17-8-5-16(6-9-17)7-11-21(25)24-22-19(13-23)18-10-4-15(3)12-20(18)26-22/h5-9,11,14-15H,4,10,12H2,1-3H3,(H,24,25). The maximum absolute atomic E-state index is 12.3. The molecular weight excluding hydrogens is 340 g/mol. The van der Waals surface area contributed by atoms with Crippen LogP contribution in [0.2, 0.25) is 0 Å². The van der Waals surface area contributed by atoms with Crippen LogP contribution >= 0.6 is 11.3 Å². The van der Waals surface area contributed by atoms with Crippen LogP contribution in [0.4, 0.5) is 5.00 Å². The van der Waals surface area contributed by atoms with E-state index in [-0.39, 0.29) is 5.91 Å². The Morgan fingerprint density at radius 1 is 1.35 bits per heavy atom. The number of hydrogen-bond donors (Lipinski definition) is 1. The molecule has 3 rings (SSSR count). The highest BCUT2D eigenvalue weighted by Crippen LogP contribution is 2.39. The molecule has 4 heteroatoms. The number of amides is 1. The number of hydrogen-bond acceptors (Lipinski definition) is 3. The van der Waals surface area contributed by atoms with Crippen molar-refractivity contribution in [3.63, 3.8) is 0 Å². The number of nitrogens with one attached hydrogen (secondary N) is 1. The van der Waals surface area contributed by atoms with Gasteiger partial charge in [-0.3, -0.25) is 4.79 Å². The molecule has 1 N–H and O–H groups in total. The Labute approximate surface area is 159 Å². The number of carbonyl (C=O) groups excluding carboxylic acids is 1. The molecule has 2 aromatic rings. The number of carbonyl (C=O) groups is 1. The third-order valence-corrected chi connectivity index (χ3v) is 6.06. The summed E-state index contributed by atoms with van der Waals surface area (Å²) in [5.74, 6) is 0.944. The molecule has 0 radical (unpaired) electrons. The molecule has 3 nitrogen and oxygen atoms in total. The largest absolute Gasteiger partial charge is 0.313 e. The average Bonchev–Trinajstić information content (AvgIpc) is 2.96. The first-order valence-electron chi connectivity index (χ1n) is 9.11. The zero-order chi connectivity index (χ0) is 18.7. The summed E-state index contributed by atoms with van der Waals surface area (Å²) in [7, 11) is 0. The number of fused-ring (bicyclic) bond motifs is 1. The molecule has 1 atom stereocenters. The summed E-state index contributed by atoms with van der Waals surface area (Å²) in [6.45, 7) is 6.55. The van der Waals surface area contributed by atoms with Gasteiger partial charge in [0, 0.05) is 11.0 Å². The van der Waals surface area contributed by atoms with Crippen LogP contribution in [0.15, 0.2) is 30.3 Å². The van der Waals surface area contributed by atoms with E-state index in [2.05, 4.69) is 44.3 Å². The first-order valence-corrected chi connectivity index (χ1v) is 9.93. The molecule has 1 heterocycles. The van der Waals surface area contributed by atoms with Gasteiger partial charge in [-0.1, -0.05) is 45.0 Å². The van der Waals surface area contributed by atoms with Crippen molar-refractivity contribution >= 4 is 28.3 Å². The van der Waals surface area contributed by atoms with Crippen LogP contribution in [-0.4, -0.2) is 5.91 Å². The van der Waals surface area contributed by atoms with Crippen molar-refractivity contribution in [1.82, 2.24) is 0 Å². The number of nitriles is 1. The lowest BCUT2D eigenvalue weighted by molar-refractivity contribution is -0.111. The van der Waals surface area contributed by atoms with Crippen LogP contribution in [0.1, 0.15) is 60.2 Å². The van der Waals surface area contributed by atoms with Crippen molar-refractivity contribution in [2.45, 2.75) is 46.0 Å². The lowest BCUT2D eigenvalue weighted by atomic mass is 9.89. The van der Waals surface area contributed by atoms with Gasteiger partial charge in [0.05, 0.1) is 5.56 Å². The third-order valence-electron chi connectivity index (χ3n) is 4.89. The highest BCUT2D eigenvalue weighted by molar-refractivity contribution is 7.16. The molecule has 0 saturated carbocycles. The first-order chi connectivity index (χ1) is 12.5. The molecule has 1 aliphatic rings. The number of thiophene rings is 1. The van der Waals surface area contributed by atoms with Crippen molar-refractivity contribution in [3.8, 4) is 6.07 Å². The average molecular weight is 365 g/mol. The fourth-order valence-corrected chi connectivity index (χ4v) is 4.64. The maximum atomic E-state index is 12.3. The van der Waals surface area contributed by atoms with E-state index in [1.54, 1.807) is 17.4 Å². The van der Waals surface area contributed by atoms with Crippen LogP contribution in [0.5, 0.6) is 0 Å². The van der Waals surface area contributed by atoms with E-state index in [1.807, 2.05) is 12.1 Å². The smallest absolute Gasteiger partial charge is 0.249 e. The van der Waals surface area contributed by atoms with E-state index in [0.717, 1.165) is 30.4 Å². The first kappa shape index (κ1) is 18.4. The fourth-order valence-electron chi connectivity index (χ4n) is 3.27. The summed E-state index contributed by atoms with van der Waals surface area (Å²) in [5, 5.41) is 13.1. The molecule has 26 heavy (non-hydrogen) atoms. The van der Waals surface area contributed by atoms with Crippen molar-refractivity contribution in [3.05, 3.63) is 57.5 Å². The van der Waals surface area contributed by atoms with Crippen molar-refractivity contribution in [2.24, 2.45) is 5.92 Å². The Kier molecular flexibility index (Phi) is 5.58. The molecule has 0 aliphatic heterocycles. The molecule has 1 unspecified atom stereocenters. The van der Waals surface area contributed by atoms with Gasteiger partial charge in [-0.15, -0.1) is 11.3 Å². The number of rotatable bonds is 4. The van der Waals surface area contributed by atoms with Gasteiger partial charge in [0.1, 0.15) is 11.1 Å². The van der Waals surface area contributed by atoms with Crippen molar-refractivity contribution < 1.29 is 4.79 Å². The van der Waals surface area contributed by atoms with E-state index >= 15 is 0 Å². The van der Waals surface area contributed by atoms with Gasteiger partial charge >= 0.3 is 0 Å². The maximum Gasteiger partial charge on any atom is 0.249 e. The van der Waals surface area contributed by atoms with E-state index in [1.165, 1.54) is 16.5 Å². The minimum atomic E-state index is -0.193. The minimum Gasteiger partial charge on any atom is -0.313 e. The molecule has 1 aliphatic carbocycles. The molecule has 0 saturated heterocycles. The Bertz CT molecular complexity index is 869. The van der Waals surface area contributed by atoms with Gasteiger partial charge in [-0.05, 0) is 53.9 Å². The van der Waals surface area contributed by atoms with Crippen LogP contribution in [0.25, 0.3) is 6.08 Å². The van der Waals surface area contributed by atoms with Gasteiger partial charge in [0.2, 0.25) is 5.91 Å². The number of benzene rings is 1. The molecule has 0 fully saturated rings. The van der Waals surface area contributed by atoms with Gasteiger partial charge < -0.3 is 5.32 Å². The van der Waals surface area contributed by atoms with Crippen LogP contribution < -0.4 is 5.32 Å². The molecule has 0 spiro atoms. The second-order valence-corrected chi connectivity index (χ2v) is 8.42. The van der Waals surface area contributed by atoms with Crippen LogP contribution in [0.3, 0.4) is 0 Å². The topological polar surface area (TPSA) is 52.9 Å². The van der Waals surface area contributed by atoms with Gasteiger partial charge in [0.15, 0.2) is 0 Å². The number of nitrogens with zero attached hydrogens (tertiary/aromatic N) is 1.